The first-order valence-electron chi connectivity index (χ1n) is 10.3. The molecule has 1 unspecified atom stereocenters. The fraction of sp³-hybridized carbons (Fsp3) is 0.192. The normalized spacial score (nSPS) is 15.7. The Hall–Kier alpha value is -3.73. The molecular weight excluding hydrogens is 388 g/mol. The molecule has 0 saturated carbocycles. The lowest BCUT2D eigenvalue weighted by Gasteiger charge is -2.17. The maximum atomic E-state index is 12.8. The molecule has 156 valence electrons. The van der Waals surface area contributed by atoms with Gasteiger partial charge in [0.15, 0.2) is 5.78 Å². The first-order chi connectivity index (χ1) is 15.0. The summed E-state index contributed by atoms with van der Waals surface area (Å²) < 4.78 is 0. The van der Waals surface area contributed by atoms with Crippen LogP contribution in [-0.4, -0.2) is 29.0 Å². The van der Waals surface area contributed by atoms with Gasteiger partial charge in [-0.25, -0.2) is 0 Å². The molecule has 2 amide bonds. The summed E-state index contributed by atoms with van der Waals surface area (Å²) in [6.45, 7) is 2.92. The Labute approximate surface area is 181 Å². The number of likely N-dealkylation sites (tertiary alicyclic amines) is 1. The smallest absolute Gasteiger partial charge is 0.229 e. The molecule has 0 radical (unpaired) electrons. The van der Waals surface area contributed by atoms with Gasteiger partial charge >= 0.3 is 0 Å². The summed E-state index contributed by atoms with van der Waals surface area (Å²) in [7, 11) is 0. The average molecular weight is 412 g/mol. The molecule has 3 aromatic rings. The second kappa shape index (κ2) is 8.96. The number of ketones is 1. The van der Waals surface area contributed by atoms with E-state index in [4.69, 9.17) is 0 Å². The van der Waals surface area contributed by atoms with Crippen molar-refractivity contribution in [2.24, 2.45) is 5.92 Å². The van der Waals surface area contributed by atoms with Crippen LogP contribution in [0.5, 0.6) is 0 Å². The van der Waals surface area contributed by atoms with E-state index in [2.05, 4.69) is 5.32 Å². The van der Waals surface area contributed by atoms with Crippen LogP contribution < -0.4 is 5.32 Å². The Morgan fingerprint density at radius 1 is 0.935 bits per heavy atom. The van der Waals surface area contributed by atoms with Crippen molar-refractivity contribution in [3.05, 3.63) is 101 Å². The van der Waals surface area contributed by atoms with Crippen LogP contribution in [0.2, 0.25) is 0 Å². The summed E-state index contributed by atoms with van der Waals surface area (Å²) in [5, 5.41) is 2.87. The van der Waals surface area contributed by atoms with Crippen molar-refractivity contribution in [2.45, 2.75) is 19.9 Å². The highest BCUT2D eigenvalue weighted by Crippen LogP contribution is 2.23. The number of hydrogen-bond acceptors (Lipinski definition) is 3. The number of carbonyl (C=O) groups is 3. The molecule has 5 nitrogen and oxygen atoms in total. The summed E-state index contributed by atoms with van der Waals surface area (Å²) >= 11 is 0. The minimum Gasteiger partial charge on any atom is -0.338 e. The van der Waals surface area contributed by atoms with E-state index >= 15 is 0 Å². The Bertz CT molecular complexity index is 1110. The fourth-order valence-corrected chi connectivity index (χ4v) is 3.75. The number of anilines is 1. The van der Waals surface area contributed by atoms with Gasteiger partial charge in [-0.05, 0) is 24.6 Å². The van der Waals surface area contributed by atoms with Gasteiger partial charge < -0.3 is 10.2 Å². The number of carbonyl (C=O) groups excluding carboxylic acids is 3. The van der Waals surface area contributed by atoms with Crippen LogP contribution in [0.3, 0.4) is 0 Å². The maximum Gasteiger partial charge on any atom is 0.229 e. The molecule has 4 rings (SSSR count). The van der Waals surface area contributed by atoms with E-state index in [9.17, 15) is 14.4 Å². The van der Waals surface area contributed by atoms with Crippen molar-refractivity contribution in [1.82, 2.24) is 4.90 Å². The minimum atomic E-state index is -0.411. The molecule has 1 N–H and O–H groups in total. The largest absolute Gasteiger partial charge is 0.338 e. The predicted molar refractivity (Wildman–Crippen MR) is 120 cm³/mol. The van der Waals surface area contributed by atoms with Crippen LogP contribution in [0.15, 0.2) is 78.9 Å². The third-order valence-corrected chi connectivity index (χ3v) is 5.51. The third kappa shape index (κ3) is 4.89. The molecule has 1 saturated heterocycles. The number of nitrogens with zero attached hydrogens (tertiary/aromatic N) is 1. The van der Waals surface area contributed by atoms with E-state index in [0.717, 1.165) is 5.56 Å². The van der Waals surface area contributed by atoms with E-state index in [-0.39, 0.29) is 24.0 Å². The maximum absolute atomic E-state index is 12.8. The number of aryl methyl sites for hydroxylation is 1. The van der Waals surface area contributed by atoms with Crippen LogP contribution in [0.4, 0.5) is 5.69 Å². The number of rotatable bonds is 6. The summed E-state index contributed by atoms with van der Waals surface area (Å²) in [4.78, 5) is 39.6. The summed E-state index contributed by atoms with van der Waals surface area (Å²) in [6.07, 6.45) is 0.195. The van der Waals surface area contributed by atoms with E-state index < -0.39 is 5.92 Å². The minimum absolute atomic E-state index is 0.0197. The number of nitrogens with one attached hydrogen (secondary N) is 1. The first-order valence-corrected chi connectivity index (χ1v) is 10.3. The molecule has 0 aliphatic carbocycles. The van der Waals surface area contributed by atoms with Gasteiger partial charge in [-0.3, -0.25) is 14.4 Å². The van der Waals surface area contributed by atoms with Gasteiger partial charge in [-0.2, -0.15) is 0 Å². The van der Waals surface area contributed by atoms with Gasteiger partial charge in [0.25, 0.3) is 0 Å². The number of amides is 2. The van der Waals surface area contributed by atoms with Crippen molar-refractivity contribution in [3.63, 3.8) is 0 Å². The zero-order valence-corrected chi connectivity index (χ0v) is 17.4. The average Bonchev–Trinajstić information content (AvgIpc) is 3.16. The van der Waals surface area contributed by atoms with Gasteiger partial charge in [0.2, 0.25) is 11.8 Å². The van der Waals surface area contributed by atoms with E-state index in [1.54, 1.807) is 41.3 Å². The molecule has 0 aromatic heterocycles. The Morgan fingerprint density at radius 2 is 1.65 bits per heavy atom. The standard InChI is InChI=1S/C26H24N2O3/c1-18-10-12-19(13-11-18)16-28-17-22(15-24(28)29)26(31)27-23-9-5-8-21(14-23)25(30)20-6-3-2-4-7-20/h2-14,22H,15-17H2,1H3,(H,27,31). The van der Waals surface area contributed by atoms with Crippen molar-refractivity contribution in [3.8, 4) is 0 Å². The first kappa shape index (κ1) is 20.5. The Morgan fingerprint density at radius 3 is 2.39 bits per heavy atom. The fourth-order valence-electron chi connectivity index (χ4n) is 3.75. The molecule has 1 aliphatic heterocycles. The van der Waals surface area contributed by atoms with E-state index in [1.165, 1.54) is 5.56 Å². The highest BCUT2D eigenvalue weighted by Gasteiger charge is 2.34. The lowest BCUT2D eigenvalue weighted by molar-refractivity contribution is -0.128. The van der Waals surface area contributed by atoms with Gasteiger partial charge in [0.05, 0.1) is 5.92 Å². The van der Waals surface area contributed by atoms with E-state index in [0.29, 0.717) is 29.9 Å². The molecule has 1 atom stereocenters. The molecule has 5 heteroatoms. The molecule has 0 bridgehead atoms. The van der Waals surface area contributed by atoms with Crippen LogP contribution in [0, 0.1) is 12.8 Å². The van der Waals surface area contributed by atoms with Crippen LogP contribution in [0.1, 0.15) is 33.5 Å². The van der Waals surface area contributed by atoms with Crippen molar-refractivity contribution in [2.75, 3.05) is 11.9 Å². The van der Waals surface area contributed by atoms with Crippen molar-refractivity contribution < 1.29 is 14.4 Å². The molecule has 31 heavy (non-hydrogen) atoms. The summed E-state index contributed by atoms with van der Waals surface area (Å²) in [5.74, 6) is -0.735. The van der Waals surface area contributed by atoms with Crippen molar-refractivity contribution >= 4 is 23.3 Å². The quantitative estimate of drug-likeness (QED) is 0.617. The number of benzene rings is 3. The topological polar surface area (TPSA) is 66.5 Å². The zero-order chi connectivity index (χ0) is 21.8. The lowest BCUT2D eigenvalue weighted by atomic mass is 10.0. The monoisotopic (exact) mass is 412 g/mol. The van der Waals surface area contributed by atoms with Gasteiger partial charge in [0.1, 0.15) is 0 Å². The predicted octanol–water partition coefficient (Wildman–Crippen LogP) is 4.21. The van der Waals surface area contributed by atoms with Crippen LogP contribution >= 0.6 is 0 Å². The summed E-state index contributed by atoms with van der Waals surface area (Å²) in [5.41, 5.74) is 3.87. The highest BCUT2D eigenvalue weighted by molar-refractivity contribution is 6.09. The second-order valence-corrected chi connectivity index (χ2v) is 7.93. The van der Waals surface area contributed by atoms with Crippen LogP contribution in [0.25, 0.3) is 0 Å². The van der Waals surface area contributed by atoms with Crippen LogP contribution in [-0.2, 0) is 16.1 Å². The molecule has 1 fully saturated rings. The molecule has 1 aliphatic rings. The highest BCUT2D eigenvalue weighted by atomic mass is 16.2. The van der Waals surface area contributed by atoms with Crippen molar-refractivity contribution in [1.29, 1.82) is 0 Å². The third-order valence-electron chi connectivity index (χ3n) is 5.51. The van der Waals surface area contributed by atoms with E-state index in [1.807, 2.05) is 49.4 Å². The van der Waals surface area contributed by atoms with Gasteiger partial charge in [-0.1, -0.05) is 72.3 Å². The Balaban J connectivity index is 1.40. The molecule has 3 aromatic carbocycles. The zero-order valence-electron chi connectivity index (χ0n) is 17.4. The van der Waals surface area contributed by atoms with Gasteiger partial charge in [-0.15, -0.1) is 0 Å². The number of hydrogen-bond donors (Lipinski definition) is 1. The lowest BCUT2D eigenvalue weighted by Crippen LogP contribution is -2.28. The molecule has 1 heterocycles. The summed E-state index contributed by atoms with van der Waals surface area (Å²) in [6, 6.07) is 24.0. The van der Waals surface area contributed by atoms with Gasteiger partial charge in [0, 0.05) is 36.3 Å². The SMILES string of the molecule is Cc1ccc(CN2CC(C(=O)Nc3cccc(C(=O)c4ccccc4)c3)CC2=O)cc1. The molecule has 0 spiro atoms. The Kier molecular flexibility index (Phi) is 5.94. The molecular formula is C26H24N2O3. The second-order valence-electron chi connectivity index (χ2n) is 7.93.